The summed E-state index contributed by atoms with van der Waals surface area (Å²) in [5.41, 5.74) is 3.39. The molecular weight excluding hydrogens is 432 g/mol. The zero-order chi connectivity index (χ0) is 23.7. The van der Waals surface area contributed by atoms with Crippen LogP contribution in [0.1, 0.15) is 32.2 Å². The minimum absolute atomic E-state index is 0.101. The normalized spacial score (nSPS) is 18.2. The standard InChI is InChI=1S/C26H24N4O4/c1-2-34-26(33)18-11-13-22(31)21(16-18)30-23(32)14-12-19(27-30)24-20-10-6-7-15-29(20)28-25(24)17-8-4-3-5-9-17/h3-10,12,14-15,18,21H,2,11,13,16H2,1H3/t18-,21-/m1/s1. The van der Waals surface area contributed by atoms with Crippen molar-refractivity contribution in [2.45, 2.75) is 32.2 Å². The third-order valence-corrected chi connectivity index (χ3v) is 6.20. The average molecular weight is 457 g/mol. The number of fused-ring (bicyclic) bond motifs is 1. The van der Waals surface area contributed by atoms with E-state index in [4.69, 9.17) is 9.84 Å². The first-order valence-corrected chi connectivity index (χ1v) is 11.4. The molecule has 5 rings (SSSR count). The fraction of sp³-hybridized carbons (Fsp3) is 0.269. The predicted octanol–water partition coefficient (Wildman–Crippen LogP) is 3.70. The van der Waals surface area contributed by atoms with Crippen molar-refractivity contribution in [2.24, 2.45) is 5.92 Å². The molecule has 0 spiro atoms. The molecule has 1 aliphatic carbocycles. The van der Waals surface area contributed by atoms with Crippen molar-refractivity contribution in [2.75, 3.05) is 6.61 Å². The van der Waals surface area contributed by atoms with Gasteiger partial charge in [0, 0.05) is 24.2 Å². The van der Waals surface area contributed by atoms with Crippen LogP contribution in [0, 0.1) is 5.92 Å². The Hall–Kier alpha value is -4.07. The number of esters is 1. The summed E-state index contributed by atoms with van der Waals surface area (Å²) in [5.74, 6) is -0.870. The molecular formula is C26H24N4O4. The monoisotopic (exact) mass is 456 g/mol. The van der Waals surface area contributed by atoms with Crippen LogP contribution in [0.4, 0.5) is 0 Å². The molecule has 0 saturated heterocycles. The van der Waals surface area contributed by atoms with Crippen molar-refractivity contribution in [1.82, 2.24) is 19.4 Å². The van der Waals surface area contributed by atoms with Gasteiger partial charge in [-0.15, -0.1) is 0 Å². The van der Waals surface area contributed by atoms with E-state index in [1.54, 1.807) is 17.5 Å². The minimum Gasteiger partial charge on any atom is -0.466 e. The van der Waals surface area contributed by atoms with E-state index in [-0.39, 0.29) is 36.8 Å². The summed E-state index contributed by atoms with van der Waals surface area (Å²) < 4.78 is 8.16. The van der Waals surface area contributed by atoms with Crippen LogP contribution in [0.5, 0.6) is 0 Å². The molecule has 0 unspecified atom stereocenters. The van der Waals surface area contributed by atoms with Crippen molar-refractivity contribution < 1.29 is 14.3 Å². The van der Waals surface area contributed by atoms with Gasteiger partial charge in [-0.1, -0.05) is 36.4 Å². The lowest BCUT2D eigenvalue weighted by Gasteiger charge is -2.27. The summed E-state index contributed by atoms with van der Waals surface area (Å²) in [6.45, 7) is 2.03. The van der Waals surface area contributed by atoms with Crippen molar-refractivity contribution >= 4 is 17.3 Å². The molecule has 1 fully saturated rings. The second-order valence-electron chi connectivity index (χ2n) is 8.33. The Morgan fingerprint density at radius 2 is 1.82 bits per heavy atom. The van der Waals surface area contributed by atoms with Crippen LogP contribution in [-0.4, -0.2) is 37.8 Å². The van der Waals surface area contributed by atoms with Crippen molar-refractivity contribution in [3.8, 4) is 22.5 Å². The van der Waals surface area contributed by atoms with Gasteiger partial charge in [-0.05, 0) is 38.0 Å². The highest BCUT2D eigenvalue weighted by molar-refractivity contribution is 5.91. The Labute approximate surface area is 195 Å². The van der Waals surface area contributed by atoms with E-state index in [1.165, 1.54) is 10.7 Å². The molecule has 1 aromatic carbocycles. The maximum atomic E-state index is 12.8. The molecule has 3 heterocycles. The van der Waals surface area contributed by atoms with Gasteiger partial charge in [0.15, 0.2) is 5.78 Å². The first-order chi connectivity index (χ1) is 16.6. The van der Waals surface area contributed by atoms with Crippen LogP contribution < -0.4 is 5.56 Å². The van der Waals surface area contributed by atoms with E-state index >= 15 is 0 Å². The van der Waals surface area contributed by atoms with E-state index in [9.17, 15) is 14.4 Å². The quantitative estimate of drug-likeness (QED) is 0.425. The second-order valence-corrected chi connectivity index (χ2v) is 8.33. The van der Waals surface area contributed by atoms with Crippen molar-refractivity contribution in [3.05, 3.63) is 77.2 Å². The molecule has 0 aliphatic heterocycles. The van der Waals surface area contributed by atoms with Gasteiger partial charge in [-0.25, -0.2) is 9.20 Å². The molecule has 0 amide bonds. The van der Waals surface area contributed by atoms with Gasteiger partial charge in [0.05, 0.1) is 29.3 Å². The largest absolute Gasteiger partial charge is 0.466 e. The highest BCUT2D eigenvalue weighted by Crippen LogP contribution is 2.35. The Morgan fingerprint density at radius 1 is 1.03 bits per heavy atom. The predicted molar refractivity (Wildman–Crippen MR) is 126 cm³/mol. The fourth-order valence-electron chi connectivity index (χ4n) is 4.54. The first kappa shape index (κ1) is 21.8. The van der Waals surface area contributed by atoms with Crippen molar-refractivity contribution in [3.63, 3.8) is 0 Å². The summed E-state index contributed by atoms with van der Waals surface area (Å²) in [5, 5.41) is 9.40. The molecule has 0 bridgehead atoms. The molecule has 0 radical (unpaired) electrons. The summed E-state index contributed by atoms with van der Waals surface area (Å²) >= 11 is 0. The molecule has 8 nitrogen and oxygen atoms in total. The summed E-state index contributed by atoms with van der Waals surface area (Å²) in [4.78, 5) is 37.9. The van der Waals surface area contributed by atoms with Crippen LogP contribution in [-0.2, 0) is 14.3 Å². The molecule has 34 heavy (non-hydrogen) atoms. The van der Waals surface area contributed by atoms with Crippen molar-refractivity contribution in [1.29, 1.82) is 0 Å². The highest BCUT2D eigenvalue weighted by Gasteiger charge is 2.35. The lowest BCUT2D eigenvalue weighted by Crippen LogP contribution is -2.38. The van der Waals surface area contributed by atoms with Gasteiger partial charge < -0.3 is 4.74 Å². The van der Waals surface area contributed by atoms with E-state index in [1.807, 2.05) is 54.7 Å². The number of ketones is 1. The second kappa shape index (κ2) is 9.05. The van der Waals surface area contributed by atoms with Crippen LogP contribution in [0.2, 0.25) is 0 Å². The summed E-state index contributed by atoms with van der Waals surface area (Å²) in [7, 11) is 0. The number of nitrogens with zero attached hydrogens (tertiary/aromatic N) is 4. The van der Waals surface area contributed by atoms with Gasteiger partial charge in [0.25, 0.3) is 5.56 Å². The van der Waals surface area contributed by atoms with E-state index < -0.39 is 12.0 Å². The molecule has 8 heteroatoms. The molecule has 1 aliphatic rings. The Bertz CT molecular complexity index is 1420. The topological polar surface area (TPSA) is 95.6 Å². The zero-order valence-electron chi connectivity index (χ0n) is 18.8. The summed E-state index contributed by atoms with van der Waals surface area (Å²) in [6, 6.07) is 17.8. The smallest absolute Gasteiger partial charge is 0.309 e. The first-order valence-electron chi connectivity index (χ1n) is 11.4. The molecule has 172 valence electrons. The number of hydrogen-bond donors (Lipinski definition) is 0. The number of carbonyl (C=O) groups is 2. The number of hydrogen-bond acceptors (Lipinski definition) is 6. The lowest BCUT2D eigenvalue weighted by atomic mass is 9.85. The highest BCUT2D eigenvalue weighted by atomic mass is 16.5. The Balaban J connectivity index is 1.62. The molecule has 4 aromatic rings. The van der Waals surface area contributed by atoms with E-state index in [0.717, 1.165) is 22.3 Å². The molecule has 0 N–H and O–H groups in total. The lowest BCUT2D eigenvalue weighted by molar-refractivity contribution is -0.150. The maximum Gasteiger partial charge on any atom is 0.309 e. The van der Waals surface area contributed by atoms with Crippen LogP contribution >= 0.6 is 0 Å². The zero-order valence-corrected chi connectivity index (χ0v) is 18.8. The maximum absolute atomic E-state index is 12.8. The third kappa shape index (κ3) is 3.91. The fourth-order valence-corrected chi connectivity index (χ4v) is 4.54. The number of rotatable bonds is 5. The average Bonchev–Trinajstić information content (AvgIpc) is 3.25. The molecule has 3 aromatic heterocycles. The number of benzene rings is 1. The third-order valence-electron chi connectivity index (χ3n) is 6.20. The van der Waals surface area contributed by atoms with Gasteiger partial charge >= 0.3 is 5.97 Å². The van der Waals surface area contributed by atoms with E-state index in [0.29, 0.717) is 12.1 Å². The number of ether oxygens (including phenoxy) is 1. The minimum atomic E-state index is -0.808. The number of aromatic nitrogens is 4. The van der Waals surface area contributed by atoms with Crippen LogP contribution in [0.15, 0.2) is 71.7 Å². The molecule has 2 atom stereocenters. The number of pyridine rings is 1. The SMILES string of the molecule is CCOC(=O)[C@@H]1CCC(=O)[C@H](n2nc(-c3c(-c4ccccc4)nn4ccccc34)ccc2=O)C1. The Kier molecular flexibility index (Phi) is 5.79. The van der Waals surface area contributed by atoms with Gasteiger partial charge in [0.2, 0.25) is 0 Å². The van der Waals surface area contributed by atoms with Gasteiger partial charge in [-0.2, -0.15) is 10.2 Å². The van der Waals surface area contributed by atoms with E-state index in [2.05, 4.69) is 5.10 Å². The Morgan fingerprint density at radius 3 is 2.62 bits per heavy atom. The van der Waals surface area contributed by atoms with Gasteiger partial charge in [0.1, 0.15) is 11.7 Å². The number of Topliss-reactive ketones (excluding diaryl/α,β-unsaturated/α-hetero) is 1. The molecule has 1 saturated carbocycles. The van der Waals surface area contributed by atoms with Gasteiger partial charge in [-0.3, -0.25) is 14.4 Å². The number of carbonyl (C=O) groups excluding carboxylic acids is 2. The van der Waals surface area contributed by atoms with Crippen LogP contribution in [0.25, 0.3) is 28.0 Å². The summed E-state index contributed by atoms with van der Waals surface area (Å²) in [6.07, 6.45) is 2.69. The van der Waals surface area contributed by atoms with Crippen LogP contribution in [0.3, 0.4) is 0 Å².